The molecular formula is C23H39NO. The predicted octanol–water partition coefficient (Wildman–Crippen LogP) is 6.18. The molecule has 0 heterocycles. The van der Waals surface area contributed by atoms with Crippen LogP contribution in [0.15, 0.2) is 36.4 Å². The molecule has 2 nitrogen and oxygen atoms in total. The van der Waals surface area contributed by atoms with Gasteiger partial charge in [-0.05, 0) is 31.5 Å². The normalized spacial score (nSPS) is 11.6. The van der Waals surface area contributed by atoms with E-state index in [1.807, 2.05) is 6.07 Å². The molecule has 0 spiro atoms. The average Bonchev–Trinajstić information content (AvgIpc) is 2.65. The molecule has 1 rings (SSSR count). The number of hydrogen-bond acceptors (Lipinski definition) is 2. The average molecular weight is 346 g/mol. The quantitative estimate of drug-likeness (QED) is 0.332. The molecule has 0 aliphatic rings. The Bertz CT molecular complexity index is 403. The molecule has 0 amide bonds. The molecule has 25 heavy (non-hydrogen) atoms. The standard InChI is InChI=1S/C23H39NO/c1-3-5-7-12-18-24(19-13-8-6-4-2)20-22-25-21-14-17-23-15-10-9-11-16-23/h9-11,14-17H,3-8,12-13,18-22H2,1-2H3. The second-order valence-corrected chi connectivity index (χ2v) is 6.85. The summed E-state index contributed by atoms with van der Waals surface area (Å²) in [6, 6.07) is 10.4. The van der Waals surface area contributed by atoms with Gasteiger partial charge in [0.25, 0.3) is 0 Å². The van der Waals surface area contributed by atoms with Crippen LogP contribution in [0.3, 0.4) is 0 Å². The van der Waals surface area contributed by atoms with Gasteiger partial charge in [-0.2, -0.15) is 0 Å². The van der Waals surface area contributed by atoms with Gasteiger partial charge in [0, 0.05) is 6.54 Å². The van der Waals surface area contributed by atoms with Crippen LogP contribution >= 0.6 is 0 Å². The van der Waals surface area contributed by atoms with Gasteiger partial charge in [-0.15, -0.1) is 0 Å². The van der Waals surface area contributed by atoms with Crippen molar-refractivity contribution in [3.8, 4) is 0 Å². The zero-order valence-electron chi connectivity index (χ0n) is 16.6. The Morgan fingerprint density at radius 1 is 0.800 bits per heavy atom. The molecule has 0 aliphatic heterocycles. The third kappa shape index (κ3) is 12.8. The van der Waals surface area contributed by atoms with Gasteiger partial charge in [0.2, 0.25) is 0 Å². The van der Waals surface area contributed by atoms with Gasteiger partial charge in [0.05, 0.1) is 13.2 Å². The fourth-order valence-electron chi connectivity index (χ4n) is 2.95. The molecule has 142 valence electrons. The fraction of sp³-hybridized carbons (Fsp3) is 0.652. The van der Waals surface area contributed by atoms with Crippen molar-refractivity contribution in [3.63, 3.8) is 0 Å². The van der Waals surface area contributed by atoms with E-state index >= 15 is 0 Å². The highest BCUT2D eigenvalue weighted by atomic mass is 16.5. The first-order chi connectivity index (χ1) is 12.4. The van der Waals surface area contributed by atoms with Crippen LogP contribution in [-0.2, 0) is 4.74 Å². The number of unbranched alkanes of at least 4 members (excludes halogenated alkanes) is 6. The fourth-order valence-corrected chi connectivity index (χ4v) is 2.95. The second kappa shape index (κ2) is 16.4. The highest BCUT2D eigenvalue weighted by molar-refractivity contribution is 5.48. The minimum atomic E-state index is 0.703. The Morgan fingerprint density at radius 2 is 1.44 bits per heavy atom. The largest absolute Gasteiger partial charge is 0.376 e. The smallest absolute Gasteiger partial charge is 0.0651 e. The summed E-state index contributed by atoms with van der Waals surface area (Å²) in [5.74, 6) is 0. The minimum Gasteiger partial charge on any atom is -0.376 e. The summed E-state index contributed by atoms with van der Waals surface area (Å²) >= 11 is 0. The molecule has 0 saturated heterocycles. The summed E-state index contributed by atoms with van der Waals surface area (Å²) in [6.45, 7) is 9.62. The predicted molar refractivity (Wildman–Crippen MR) is 111 cm³/mol. The molecular weight excluding hydrogens is 306 g/mol. The van der Waals surface area contributed by atoms with Gasteiger partial charge in [0.1, 0.15) is 0 Å². The van der Waals surface area contributed by atoms with Gasteiger partial charge < -0.3 is 9.64 Å². The SMILES string of the molecule is CCCCCCN(CCCCCC)CCOCC=Cc1ccccc1. The topological polar surface area (TPSA) is 12.5 Å². The zero-order valence-corrected chi connectivity index (χ0v) is 16.6. The lowest BCUT2D eigenvalue weighted by atomic mass is 10.1. The van der Waals surface area contributed by atoms with E-state index in [4.69, 9.17) is 4.74 Å². The number of rotatable bonds is 16. The number of ether oxygens (including phenoxy) is 1. The zero-order chi connectivity index (χ0) is 18.0. The van der Waals surface area contributed by atoms with Crippen molar-refractivity contribution >= 4 is 6.08 Å². The van der Waals surface area contributed by atoms with Crippen molar-refractivity contribution in [1.82, 2.24) is 4.90 Å². The highest BCUT2D eigenvalue weighted by Gasteiger charge is 2.04. The molecule has 0 radical (unpaired) electrons. The molecule has 2 heteroatoms. The van der Waals surface area contributed by atoms with E-state index in [1.54, 1.807) is 0 Å². The van der Waals surface area contributed by atoms with Gasteiger partial charge in [-0.3, -0.25) is 0 Å². The lowest BCUT2D eigenvalue weighted by molar-refractivity contribution is 0.122. The third-order valence-corrected chi connectivity index (χ3v) is 4.53. The second-order valence-electron chi connectivity index (χ2n) is 6.85. The Hall–Kier alpha value is -1.12. The van der Waals surface area contributed by atoms with Gasteiger partial charge in [-0.25, -0.2) is 0 Å². The number of nitrogens with zero attached hydrogens (tertiary/aromatic N) is 1. The molecule has 1 aromatic rings. The summed E-state index contributed by atoms with van der Waals surface area (Å²) in [5.41, 5.74) is 1.24. The number of benzene rings is 1. The van der Waals surface area contributed by atoms with Crippen LogP contribution in [0, 0.1) is 0 Å². The van der Waals surface area contributed by atoms with Gasteiger partial charge in [-0.1, -0.05) is 94.9 Å². The molecule has 0 fully saturated rings. The van der Waals surface area contributed by atoms with Crippen LogP contribution in [0.4, 0.5) is 0 Å². The van der Waals surface area contributed by atoms with Crippen molar-refractivity contribution in [2.75, 3.05) is 32.8 Å². The molecule has 0 bridgehead atoms. The van der Waals surface area contributed by atoms with Crippen LogP contribution in [-0.4, -0.2) is 37.7 Å². The van der Waals surface area contributed by atoms with Crippen molar-refractivity contribution in [1.29, 1.82) is 0 Å². The van der Waals surface area contributed by atoms with Crippen LogP contribution in [0.25, 0.3) is 6.08 Å². The van der Waals surface area contributed by atoms with Crippen LogP contribution in [0.1, 0.15) is 70.8 Å². The lowest BCUT2D eigenvalue weighted by Gasteiger charge is -2.22. The Kier molecular flexibility index (Phi) is 14.3. The molecule has 0 aromatic heterocycles. The monoisotopic (exact) mass is 345 g/mol. The van der Waals surface area contributed by atoms with Crippen LogP contribution in [0.2, 0.25) is 0 Å². The van der Waals surface area contributed by atoms with Crippen molar-refractivity contribution in [2.24, 2.45) is 0 Å². The first-order valence-corrected chi connectivity index (χ1v) is 10.4. The Balaban J connectivity index is 2.17. The summed E-state index contributed by atoms with van der Waals surface area (Å²) in [4.78, 5) is 2.60. The first-order valence-electron chi connectivity index (χ1n) is 10.4. The van der Waals surface area contributed by atoms with Crippen molar-refractivity contribution in [2.45, 2.75) is 65.2 Å². The maximum atomic E-state index is 5.81. The van der Waals surface area contributed by atoms with E-state index in [1.165, 1.54) is 70.0 Å². The van der Waals surface area contributed by atoms with Crippen molar-refractivity contribution < 1.29 is 4.74 Å². The van der Waals surface area contributed by atoms with Crippen LogP contribution in [0.5, 0.6) is 0 Å². The van der Waals surface area contributed by atoms with Gasteiger partial charge in [0.15, 0.2) is 0 Å². The molecule has 0 unspecified atom stereocenters. The first kappa shape index (κ1) is 21.9. The maximum absolute atomic E-state index is 5.81. The number of hydrogen-bond donors (Lipinski definition) is 0. The highest BCUT2D eigenvalue weighted by Crippen LogP contribution is 2.05. The molecule has 0 N–H and O–H groups in total. The van der Waals surface area contributed by atoms with E-state index in [2.05, 4.69) is 55.2 Å². The van der Waals surface area contributed by atoms with Gasteiger partial charge >= 0.3 is 0 Å². The molecule has 0 saturated carbocycles. The van der Waals surface area contributed by atoms with Crippen molar-refractivity contribution in [3.05, 3.63) is 42.0 Å². The van der Waals surface area contributed by atoms with E-state index in [0.717, 1.165) is 13.2 Å². The van der Waals surface area contributed by atoms with E-state index in [9.17, 15) is 0 Å². The molecule has 0 atom stereocenters. The maximum Gasteiger partial charge on any atom is 0.0651 e. The molecule has 0 aliphatic carbocycles. The Labute approximate surface area is 156 Å². The summed E-state index contributed by atoms with van der Waals surface area (Å²) in [5, 5.41) is 0. The summed E-state index contributed by atoms with van der Waals surface area (Å²) in [6.07, 6.45) is 15.0. The minimum absolute atomic E-state index is 0.703. The Morgan fingerprint density at radius 3 is 2.04 bits per heavy atom. The summed E-state index contributed by atoms with van der Waals surface area (Å²) in [7, 11) is 0. The van der Waals surface area contributed by atoms with Crippen LogP contribution < -0.4 is 0 Å². The molecule has 1 aromatic carbocycles. The van der Waals surface area contributed by atoms with E-state index < -0.39 is 0 Å². The third-order valence-electron chi connectivity index (χ3n) is 4.53. The van der Waals surface area contributed by atoms with E-state index in [-0.39, 0.29) is 0 Å². The lowest BCUT2D eigenvalue weighted by Crippen LogP contribution is -2.30. The van der Waals surface area contributed by atoms with E-state index in [0.29, 0.717) is 6.61 Å². The summed E-state index contributed by atoms with van der Waals surface area (Å²) < 4.78 is 5.81.